The number of rotatable bonds is 1. The standard InChI is InChI=1S/C5H7N3O2/c1-8-3-6-4(7-8)5(9)10-2/h3H,1-2H3. The molecule has 0 spiro atoms. The van der Waals surface area contributed by atoms with E-state index in [1.807, 2.05) is 0 Å². The molecule has 0 radical (unpaired) electrons. The van der Waals surface area contributed by atoms with Crippen molar-refractivity contribution in [2.24, 2.45) is 7.05 Å². The lowest BCUT2D eigenvalue weighted by molar-refractivity contribution is 0.0586. The topological polar surface area (TPSA) is 57.0 Å². The lowest BCUT2D eigenvalue weighted by Crippen LogP contribution is -2.04. The summed E-state index contributed by atoms with van der Waals surface area (Å²) >= 11 is 0. The van der Waals surface area contributed by atoms with Gasteiger partial charge < -0.3 is 4.74 Å². The summed E-state index contributed by atoms with van der Waals surface area (Å²) in [5.41, 5.74) is 0. The third-order valence-electron chi connectivity index (χ3n) is 0.968. The molecule has 1 aromatic heterocycles. The average molecular weight is 141 g/mol. The number of hydrogen-bond donors (Lipinski definition) is 0. The molecule has 0 fully saturated rings. The summed E-state index contributed by atoms with van der Waals surface area (Å²) in [7, 11) is 2.97. The largest absolute Gasteiger partial charge is 0.463 e. The second-order valence-electron chi connectivity index (χ2n) is 1.73. The number of carbonyl (C=O) groups is 1. The van der Waals surface area contributed by atoms with E-state index in [2.05, 4.69) is 14.8 Å². The summed E-state index contributed by atoms with van der Waals surface area (Å²) < 4.78 is 5.81. The quantitative estimate of drug-likeness (QED) is 0.499. The number of aromatic nitrogens is 3. The second kappa shape index (κ2) is 2.47. The van der Waals surface area contributed by atoms with Gasteiger partial charge >= 0.3 is 5.97 Å². The lowest BCUT2D eigenvalue weighted by atomic mass is 10.6. The molecule has 5 nitrogen and oxygen atoms in total. The molecular weight excluding hydrogens is 134 g/mol. The zero-order valence-electron chi connectivity index (χ0n) is 5.74. The Labute approximate surface area is 57.6 Å². The third kappa shape index (κ3) is 1.12. The highest BCUT2D eigenvalue weighted by atomic mass is 16.5. The van der Waals surface area contributed by atoms with Crippen molar-refractivity contribution in [3.63, 3.8) is 0 Å². The summed E-state index contributed by atoms with van der Waals surface area (Å²) in [6.07, 6.45) is 1.44. The van der Waals surface area contributed by atoms with E-state index in [1.165, 1.54) is 18.1 Å². The molecule has 5 heteroatoms. The fourth-order valence-corrected chi connectivity index (χ4v) is 0.524. The van der Waals surface area contributed by atoms with Crippen molar-refractivity contribution in [2.75, 3.05) is 7.11 Å². The fraction of sp³-hybridized carbons (Fsp3) is 0.400. The van der Waals surface area contributed by atoms with E-state index in [9.17, 15) is 4.79 Å². The van der Waals surface area contributed by atoms with Crippen molar-refractivity contribution in [1.82, 2.24) is 14.8 Å². The molecule has 0 saturated heterocycles. The van der Waals surface area contributed by atoms with Crippen LogP contribution in [0.2, 0.25) is 0 Å². The minimum atomic E-state index is -0.513. The van der Waals surface area contributed by atoms with Crippen LogP contribution < -0.4 is 0 Å². The fourth-order valence-electron chi connectivity index (χ4n) is 0.524. The van der Waals surface area contributed by atoms with Gasteiger partial charge in [0, 0.05) is 7.05 Å². The maximum Gasteiger partial charge on any atom is 0.377 e. The number of ether oxygens (including phenoxy) is 1. The molecule has 0 atom stereocenters. The molecular formula is C5H7N3O2. The van der Waals surface area contributed by atoms with Gasteiger partial charge in [-0.1, -0.05) is 0 Å². The molecule has 0 aromatic carbocycles. The van der Waals surface area contributed by atoms with Crippen LogP contribution in [-0.2, 0) is 11.8 Å². The van der Waals surface area contributed by atoms with Gasteiger partial charge in [-0.2, -0.15) is 0 Å². The molecule has 54 valence electrons. The Bertz CT molecular complexity index is 243. The highest BCUT2D eigenvalue weighted by Crippen LogP contribution is 1.89. The number of nitrogens with zero attached hydrogens (tertiary/aromatic N) is 3. The minimum Gasteiger partial charge on any atom is -0.463 e. The molecule has 0 bridgehead atoms. The van der Waals surface area contributed by atoms with Crippen LogP contribution in [0.15, 0.2) is 6.33 Å². The number of esters is 1. The number of methoxy groups -OCH3 is 1. The van der Waals surface area contributed by atoms with Crippen LogP contribution in [0.4, 0.5) is 0 Å². The van der Waals surface area contributed by atoms with E-state index < -0.39 is 5.97 Å². The Morgan fingerprint density at radius 3 is 2.90 bits per heavy atom. The Balaban J connectivity index is 2.85. The smallest absolute Gasteiger partial charge is 0.377 e. The maximum absolute atomic E-state index is 10.7. The van der Waals surface area contributed by atoms with Gasteiger partial charge in [-0.05, 0) is 0 Å². The van der Waals surface area contributed by atoms with Crippen molar-refractivity contribution < 1.29 is 9.53 Å². The van der Waals surface area contributed by atoms with Crippen LogP contribution in [0, 0.1) is 0 Å². The molecule has 1 aromatic rings. The third-order valence-corrected chi connectivity index (χ3v) is 0.968. The predicted octanol–water partition coefficient (Wildman–Crippen LogP) is -0.398. The van der Waals surface area contributed by atoms with Crippen LogP contribution in [0.25, 0.3) is 0 Å². The van der Waals surface area contributed by atoms with E-state index in [0.717, 1.165) is 0 Å². The predicted molar refractivity (Wildman–Crippen MR) is 32.3 cm³/mol. The van der Waals surface area contributed by atoms with Gasteiger partial charge in [0.2, 0.25) is 0 Å². The van der Waals surface area contributed by atoms with Gasteiger partial charge in [-0.3, -0.25) is 4.68 Å². The van der Waals surface area contributed by atoms with Crippen LogP contribution in [0.1, 0.15) is 10.6 Å². The first kappa shape index (κ1) is 6.73. The molecule has 0 aliphatic carbocycles. The highest BCUT2D eigenvalue weighted by Gasteiger charge is 2.08. The van der Waals surface area contributed by atoms with E-state index in [0.29, 0.717) is 0 Å². The van der Waals surface area contributed by atoms with Crippen LogP contribution in [0.3, 0.4) is 0 Å². The van der Waals surface area contributed by atoms with Crippen molar-refractivity contribution >= 4 is 5.97 Å². The molecule has 1 heterocycles. The Morgan fingerprint density at radius 2 is 2.50 bits per heavy atom. The molecule has 1 rings (SSSR count). The Kier molecular flexibility index (Phi) is 1.66. The lowest BCUT2D eigenvalue weighted by Gasteiger charge is -1.88. The molecule has 0 unspecified atom stereocenters. The molecule has 0 aliphatic heterocycles. The average Bonchev–Trinajstić information content (AvgIpc) is 2.34. The highest BCUT2D eigenvalue weighted by molar-refractivity contribution is 5.84. The zero-order chi connectivity index (χ0) is 7.56. The van der Waals surface area contributed by atoms with Gasteiger partial charge in [0.25, 0.3) is 5.82 Å². The van der Waals surface area contributed by atoms with E-state index in [-0.39, 0.29) is 5.82 Å². The normalized spacial score (nSPS) is 9.40. The van der Waals surface area contributed by atoms with Crippen LogP contribution in [-0.4, -0.2) is 27.8 Å². The Morgan fingerprint density at radius 1 is 1.80 bits per heavy atom. The van der Waals surface area contributed by atoms with Crippen LogP contribution in [0.5, 0.6) is 0 Å². The molecule has 0 saturated carbocycles. The van der Waals surface area contributed by atoms with Gasteiger partial charge in [0.1, 0.15) is 6.33 Å². The van der Waals surface area contributed by atoms with Gasteiger partial charge in [-0.15, -0.1) is 5.10 Å². The summed E-state index contributed by atoms with van der Waals surface area (Å²) in [5, 5.41) is 3.71. The van der Waals surface area contributed by atoms with E-state index in [4.69, 9.17) is 0 Å². The summed E-state index contributed by atoms with van der Waals surface area (Å²) in [4.78, 5) is 14.3. The second-order valence-corrected chi connectivity index (χ2v) is 1.73. The number of carbonyl (C=O) groups excluding carboxylic acids is 1. The first-order valence-electron chi connectivity index (χ1n) is 2.68. The summed E-state index contributed by atoms with van der Waals surface area (Å²) in [6.45, 7) is 0. The minimum absolute atomic E-state index is 0.0880. The molecule has 0 amide bonds. The van der Waals surface area contributed by atoms with Crippen LogP contribution >= 0.6 is 0 Å². The van der Waals surface area contributed by atoms with Crippen molar-refractivity contribution in [1.29, 1.82) is 0 Å². The van der Waals surface area contributed by atoms with Crippen molar-refractivity contribution in [3.05, 3.63) is 12.2 Å². The van der Waals surface area contributed by atoms with Gasteiger partial charge in [0.15, 0.2) is 0 Å². The van der Waals surface area contributed by atoms with Gasteiger partial charge in [0.05, 0.1) is 7.11 Å². The monoisotopic (exact) mass is 141 g/mol. The van der Waals surface area contributed by atoms with Crippen molar-refractivity contribution in [3.8, 4) is 0 Å². The number of hydrogen-bond acceptors (Lipinski definition) is 4. The summed E-state index contributed by atoms with van der Waals surface area (Å²) in [6, 6.07) is 0. The molecule has 0 aliphatic rings. The summed E-state index contributed by atoms with van der Waals surface area (Å²) in [5.74, 6) is -0.425. The maximum atomic E-state index is 10.7. The first-order valence-corrected chi connectivity index (χ1v) is 2.68. The molecule has 10 heavy (non-hydrogen) atoms. The first-order chi connectivity index (χ1) is 4.74. The molecule has 0 N–H and O–H groups in total. The van der Waals surface area contributed by atoms with Crippen molar-refractivity contribution in [2.45, 2.75) is 0 Å². The zero-order valence-corrected chi connectivity index (χ0v) is 5.74. The van der Waals surface area contributed by atoms with E-state index >= 15 is 0 Å². The Hall–Kier alpha value is -1.39. The van der Waals surface area contributed by atoms with Gasteiger partial charge in [-0.25, -0.2) is 9.78 Å². The SMILES string of the molecule is COC(=O)c1ncn(C)n1. The van der Waals surface area contributed by atoms with E-state index in [1.54, 1.807) is 7.05 Å². The number of aryl methyl sites for hydroxylation is 1.